The summed E-state index contributed by atoms with van der Waals surface area (Å²) in [5.41, 5.74) is -0.750. The van der Waals surface area contributed by atoms with E-state index in [4.69, 9.17) is 0 Å². The van der Waals surface area contributed by atoms with Crippen LogP contribution in [0.3, 0.4) is 0 Å². The molecule has 1 aliphatic carbocycles. The molecule has 0 amide bonds. The minimum Gasteiger partial charge on any atom is -0.481 e. The van der Waals surface area contributed by atoms with Crippen LogP contribution < -0.4 is 0 Å². The normalized spacial score (nSPS) is 24.1. The van der Waals surface area contributed by atoms with Crippen LogP contribution in [0.25, 0.3) is 0 Å². The molecule has 6 nitrogen and oxygen atoms in total. The first kappa shape index (κ1) is 16.7. The molecule has 0 aromatic heterocycles. The topological polar surface area (TPSA) is 77.9 Å². The van der Waals surface area contributed by atoms with Crippen LogP contribution in [0.4, 0.5) is 0 Å². The first-order valence-corrected chi connectivity index (χ1v) is 9.24. The lowest BCUT2D eigenvalue weighted by Gasteiger charge is -2.44. The molecule has 0 spiro atoms. The molecule has 7 heteroatoms. The van der Waals surface area contributed by atoms with Crippen molar-refractivity contribution in [3.63, 3.8) is 0 Å². The highest BCUT2D eigenvalue weighted by atomic mass is 32.2. The molecule has 0 atom stereocenters. The van der Waals surface area contributed by atoms with Crippen molar-refractivity contribution >= 4 is 16.2 Å². The van der Waals surface area contributed by atoms with Gasteiger partial charge in [0.15, 0.2) is 0 Å². The van der Waals surface area contributed by atoms with Gasteiger partial charge in [0.05, 0.1) is 6.42 Å². The number of hydrogen-bond acceptors (Lipinski definition) is 3. The van der Waals surface area contributed by atoms with E-state index in [9.17, 15) is 18.3 Å². The molecule has 1 N–H and O–H groups in total. The van der Waals surface area contributed by atoms with Crippen molar-refractivity contribution in [3.8, 4) is 0 Å². The van der Waals surface area contributed by atoms with E-state index >= 15 is 0 Å². The molecule has 0 unspecified atom stereocenters. The highest BCUT2D eigenvalue weighted by Gasteiger charge is 2.45. The smallest absolute Gasteiger partial charge is 0.305 e. The fourth-order valence-corrected chi connectivity index (χ4v) is 5.41. The quantitative estimate of drug-likeness (QED) is 0.839. The largest absolute Gasteiger partial charge is 0.481 e. The van der Waals surface area contributed by atoms with Gasteiger partial charge in [-0.25, -0.2) is 0 Å². The Hall–Kier alpha value is -0.660. The van der Waals surface area contributed by atoms with Gasteiger partial charge in [0.25, 0.3) is 10.2 Å². The van der Waals surface area contributed by atoms with Gasteiger partial charge in [0.2, 0.25) is 0 Å². The molecule has 0 radical (unpaired) electrons. The molecule has 1 aliphatic heterocycles. The fourth-order valence-electron chi connectivity index (χ4n) is 3.61. The summed E-state index contributed by atoms with van der Waals surface area (Å²) in [6.07, 6.45) is 6.87. The Morgan fingerprint density at radius 1 is 1.10 bits per heavy atom. The second-order valence-electron chi connectivity index (χ2n) is 6.29. The molecular weight excluding hydrogens is 292 g/mol. The zero-order valence-electron chi connectivity index (χ0n) is 12.8. The van der Waals surface area contributed by atoms with Crippen LogP contribution in [0.15, 0.2) is 0 Å². The SMILES string of the molecule is CN(C1(CC(=O)O)CCCCC1)S(=O)(=O)N1CCCCC1. The number of nitrogens with zero attached hydrogens (tertiary/aromatic N) is 2. The first-order chi connectivity index (χ1) is 9.88. The van der Waals surface area contributed by atoms with Crippen molar-refractivity contribution in [2.24, 2.45) is 0 Å². The number of carbonyl (C=O) groups is 1. The predicted octanol–water partition coefficient (Wildman–Crippen LogP) is 1.83. The van der Waals surface area contributed by atoms with Crippen LogP contribution in [0.5, 0.6) is 0 Å². The maximum Gasteiger partial charge on any atom is 0.305 e. The predicted molar refractivity (Wildman–Crippen MR) is 80.2 cm³/mol. The lowest BCUT2D eigenvalue weighted by molar-refractivity contribution is -0.140. The minimum absolute atomic E-state index is 0.101. The average molecular weight is 318 g/mol. The van der Waals surface area contributed by atoms with E-state index in [0.29, 0.717) is 25.9 Å². The molecule has 1 saturated heterocycles. The van der Waals surface area contributed by atoms with E-state index in [1.54, 1.807) is 7.05 Å². The van der Waals surface area contributed by atoms with E-state index < -0.39 is 21.7 Å². The Kier molecular flexibility index (Phi) is 5.27. The monoisotopic (exact) mass is 318 g/mol. The van der Waals surface area contributed by atoms with E-state index in [2.05, 4.69) is 0 Å². The minimum atomic E-state index is -3.56. The highest BCUT2D eigenvalue weighted by Crippen LogP contribution is 2.38. The van der Waals surface area contributed by atoms with Gasteiger partial charge in [0.1, 0.15) is 0 Å². The highest BCUT2D eigenvalue weighted by molar-refractivity contribution is 7.86. The molecule has 2 aliphatic rings. The Labute approximate surface area is 127 Å². The maximum atomic E-state index is 12.8. The molecule has 2 rings (SSSR count). The van der Waals surface area contributed by atoms with Gasteiger partial charge in [-0.1, -0.05) is 25.7 Å². The summed E-state index contributed by atoms with van der Waals surface area (Å²) >= 11 is 0. The Morgan fingerprint density at radius 3 is 2.14 bits per heavy atom. The van der Waals surface area contributed by atoms with Crippen molar-refractivity contribution in [1.29, 1.82) is 0 Å². The average Bonchev–Trinajstić information content (AvgIpc) is 2.47. The summed E-state index contributed by atoms with van der Waals surface area (Å²) < 4.78 is 28.6. The van der Waals surface area contributed by atoms with Crippen LogP contribution in [0.2, 0.25) is 0 Å². The van der Waals surface area contributed by atoms with Crippen LogP contribution in [0.1, 0.15) is 57.8 Å². The summed E-state index contributed by atoms with van der Waals surface area (Å²) in [4.78, 5) is 11.2. The van der Waals surface area contributed by atoms with Gasteiger partial charge in [-0.2, -0.15) is 17.0 Å². The van der Waals surface area contributed by atoms with E-state index in [1.165, 1.54) is 8.61 Å². The molecule has 0 bridgehead atoms. The summed E-state index contributed by atoms with van der Waals surface area (Å²) in [5, 5.41) is 9.22. The summed E-state index contributed by atoms with van der Waals surface area (Å²) in [6.45, 7) is 1.10. The van der Waals surface area contributed by atoms with E-state index in [1.807, 2.05) is 0 Å². The zero-order chi connectivity index (χ0) is 15.5. The van der Waals surface area contributed by atoms with Gasteiger partial charge in [-0.05, 0) is 25.7 Å². The van der Waals surface area contributed by atoms with E-state index in [-0.39, 0.29) is 6.42 Å². The van der Waals surface area contributed by atoms with Crippen LogP contribution in [-0.2, 0) is 15.0 Å². The molecule has 0 aromatic carbocycles. The molecule has 1 heterocycles. The third-order valence-electron chi connectivity index (χ3n) is 4.92. The molecule has 122 valence electrons. The third-order valence-corrected chi connectivity index (χ3v) is 7.02. The Bertz CT molecular complexity index is 465. The van der Waals surface area contributed by atoms with Gasteiger partial charge in [0, 0.05) is 25.7 Å². The lowest BCUT2D eigenvalue weighted by atomic mass is 9.79. The molecule has 2 fully saturated rings. The third kappa shape index (κ3) is 3.57. The summed E-state index contributed by atoms with van der Waals surface area (Å²) in [5.74, 6) is -0.919. The molecule has 0 aromatic rings. The fraction of sp³-hybridized carbons (Fsp3) is 0.929. The number of hydrogen-bond donors (Lipinski definition) is 1. The second kappa shape index (κ2) is 6.62. The number of piperidine rings is 1. The van der Waals surface area contributed by atoms with Crippen molar-refractivity contribution in [3.05, 3.63) is 0 Å². The van der Waals surface area contributed by atoms with Gasteiger partial charge in [-0.15, -0.1) is 0 Å². The second-order valence-corrected chi connectivity index (χ2v) is 8.25. The van der Waals surface area contributed by atoms with E-state index in [0.717, 1.165) is 38.5 Å². The summed E-state index contributed by atoms with van der Waals surface area (Å²) in [7, 11) is -1.99. The van der Waals surface area contributed by atoms with Crippen molar-refractivity contribution in [1.82, 2.24) is 8.61 Å². The van der Waals surface area contributed by atoms with Gasteiger partial charge < -0.3 is 5.11 Å². The first-order valence-electron chi connectivity index (χ1n) is 7.84. The van der Waals surface area contributed by atoms with Crippen LogP contribution >= 0.6 is 0 Å². The maximum absolute atomic E-state index is 12.8. The van der Waals surface area contributed by atoms with Crippen molar-refractivity contribution < 1.29 is 18.3 Å². The number of rotatable bonds is 5. The zero-order valence-corrected chi connectivity index (χ0v) is 13.6. The van der Waals surface area contributed by atoms with Crippen molar-refractivity contribution in [2.75, 3.05) is 20.1 Å². The van der Waals surface area contributed by atoms with Gasteiger partial charge in [-0.3, -0.25) is 4.79 Å². The number of carboxylic acid groups (broad SMARTS) is 1. The van der Waals surface area contributed by atoms with Gasteiger partial charge >= 0.3 is 5.97 Å². The number of aliphatic carboxylic acids is 1. The Balaban J connectivity index is 2.23. The molecular formula is C14H26N2O4S. The van der Waals surface area contributed by atoms with Crippen LogP contribution in [-0.4, -0.2) is 53.8 Å². The number of carboxylic acids is 1. The molecule has 21 heavy (non-hydrogen) atoms. The van der Waals surface area contributed by atoms with Crippen LogP contribution in [0, 0.1) is 0 Å². The summed E-state index contributed by atoms with van der Waals surface area (Å²) in [6, 6.07) is 0. The molecule has 1 saturated carbocycles. The Morgan fingerprint density at radius 2 is 1.62 bits per heavy atom. The lowest BCUT2D eigenvalue weighted by Crippen LogP contribution is -2.56. The standard InChI is InChI=1S/C14H26N2O4S/c1-15(21(19,20)16-10-6-3-7-11-16)14(12-13(17)18)8-4-2-5-9-14/h2-12H2,1H3,(H,17,18). The van der Waals surface area contributed by atoms with Crippen molar-refractivity contribution in [2.45, 2.75) is 63.3 Å².